The fraction of sp³-hybridized carbons (Fsp3) is 0.818. The van der Waals surface area contributed by atoms with E-state index in [9.17, 15) is 0 Å². The van der Waals surface area contributed by atoms with Crippen LogP contribution in [0.25, 0.3) is 0 Å². The lowest BCUT2D eigenvalue weighted by Crippen LogP contribution is -2.26. The van der Waals surface area contributed by atoms with Gasteiger partial charge in [-0.3, -0.25) is 0 Å². The molecule has 1 heterocycles. The molecular weight excluding hydrogens is 220 g/mol. The number of rotatable bonds is 8. The van der Waals surface area contributed by atoms with Gasteiger partial charge in [-0.05, 0) is 32.7 Å². The Bertz CT molecular complexity index is 287. The van der Waals surface area contributed by atoms with Crippen LogP contribution in [-0.4, -0.2) is 33.1 Å². The summed E-state index contributed by atoms with van der Waals surface area (Å²) in [6.45, 7) is 5.57. The van der Waals surface area contributed by atoms with Gasteiger partial charge in [0.15, 0.2) is 5.16 Å². The Hall–Kier alpha value is -0.550. The largest absolute Gasteiger partial charge is 0.314 e. The highest BCUT2D eigenvalue weighted by Gasteiger charge is 2.03. The zero-order chi connectivity index (χ0) is 11.8. The molecule has 1 unspecified atom stereocenters. The first kappa shape index (κ1) is 13.5. The van der Waals surface area contributed by atoms with Crippen LogP contribution in [0, 0.1) is 0 Å². The molecule has 0 saturated heterocycles. The summed E-state index contributed by atoms with van der Waals surface area (Å²) in [6, 6.07) is 0.625. The fourth-order valence-electron chi connectivity index (χ4n) is 1.45. The summed E-state index contributed by atoms with van der Waals surface area (Å²) in [6.07, 6.45) is 5.39. The van der Waals surface area contributed by atoms with Crippen molar-refractivity contribution in [2.45, 2.75) is 44.3 Å². The van der Waals surface area contributed by atoms with Crippen molar-refractivity contribution in [2.24, 2.45) is 7.05 Å². The molecule has 0 aromatic carbocycles. The number of nitrogens with one attached hydrogen (secondary N) is 1. The molecule has 0 aliphatic heterocycles. The second kappa shape index (κ2) is 7.68. The van der Waals surface area contributed by atoms with Gasteiger partial charge >= 0.3 is 0 Å². The van der Waals surface area contributed by atoms with Crippen molar-refractivity contribution in [3.8, 4) is 0 Å². The van der Waals surface area contributed by atoms with E-state index in [0.29, 0.717) is 6.04 Å². The molecule has 5 heteroatoms. The second-order valence-corrected chi connectivity index (χ2v) is 5.13. The topological polar surface area (TPSA) is 42.7 Å². The van der Waals surface area contributed by atoms with Crippen LogP contribution in [0.2, 0.25) is 0 Å². The molecule has 1 rings (SSSR count). The first-order valence-electron chi connectivity index (χ1n) is 5.94. The molecule has 1 atom stereocenters. The van der Waals surface area contributed by atoms with Crippen molar-refractivity contribution >= 4 is 11.8 Å². The van der Waals surface area contributed by atoms with Crippen LogP contribution < -0.4 is 5.32 Å². The minimum absolute atomic E-state index is 0.625. The van der Waals surface area contributed by atoms with E-state index in [-0.39, 0.29) is 0 Å². The molecule has 0 aliphatic carbocycles. The van der Waals surface area contributed by atoms with Crippen LogP contribution >= 0.6 is 11.8 Å². The van der Waals surface area contributed by atoms with Crippen LogP contribution in [0.15, 0.2) is 11.5 Å². The van der Waals surface area contributed by atoms with Crippen LogP contribution in [0.5, 0.6) is 0 Å². The van der Waals surface area contributed by atoms with Gasteiger partial charge in [0.1, 0.15) is 6.33 Å². The van der Waals surface area contributed by atoms with Crippen LogP contribution in [-0.2, 0) is 7.05 Å². The predicted octanol–water partition coefficient (Wildman–Crippen LogP) is 2.08. The normalized spacial score (nSPS) is 12.9. The molecule has 1 aromatic rings. The molecule has 1 aromatic heterocycles. The van der Waals surface area contributed by atoms with Crippen molar-refractivity contribution in [3.63, 3.8) is 0 Å². The SMILES string of the molecule is CCCNC(C)CCCSc1nncn1C. The van der Waals surface area contributed by atoms with Crippen LogP contribution in [0.3, 0.4) is 0 Å². The van der Waals surface area contributed by atoms with Crippen molar-refractivity contribution in [2.75, 3.05) is 12.3 Å². The summed E-state index contributed by atoms with van der Waals surface area (Å²) < 4.78 is 1.96. The number of hydrogen-bond acceptors (Lipinski definition) is 4. The first-order chi connectivity index (χ1) is 7.74. The summed E-state index contributed by atoms with van der Waals surface area (Å²) in [5.41, 5.74) is 0. The average Bonchev–Trinajstić information content (AvgIpc) is 2.67. The van der Waals surface area contributed by atoms with Crippen LogP contribution in [0.1, 0.15) is 33.1 Å². The van der Waals surface area contributed by atoms with Crippen LogP contribution in [0.4, 0.5) is 0 Å². The first-order valence-corrected chi connectivity index (χ1v) is 6.92. The van der Waals surface area contributed by atoms with E-state index in [1.54, 1.807) is 18.1 Å². The van der Waals surface area contributed by atoms with Gasteiger partial charge < -0.3 is 9.88 Å². The van der Waals surface area contributed by atoms with Crippen molar-refractivity contribution in [1.82, 2.24) is 20.1 Å². The number of aryl methyl sites for hydroxylation is 1. The van der Waals surface area contributed by atoms with Gasteiger partial charge in [-0.25, -0.2) is 0 Å². The summed E-state index contributed by atoms with van der Waals surface area (Å²) in [5.74, 6) is 1.12. The third kappa shape index (κ3) is 4.99. The molecule has 0 fully saturated rings. The lowest BCUT2D eigenvalue weighted by molar-refractivity contribution is 0.510. The monoisotopic (exact) mass is 242 g/mol. The molecule has 0 spiro atoms. The number of thioether (sulfide) groups is 1. The minimum Gasteiger partial charge on any atom is -0.314 e. The maximum Gasteiger partial charge on any atom is 0.190 e. The van der Waals surface area contributed by atoms with E-state index in [0.717, 1.165) is 17.5 Å². The van der Waals surface area contributed by atoms with E-state index in [2.05, 4.69) is 29.4 Å². The van der Waals surface area contributed by atoms with Gasteiger partial charge in [-0.15, -0.1) is 10.2 Å². The van der Waals surface area contributed by atoms with Gasteiger partial charge in [0.05, 0.1) is 0 Å². The molecule has 0 bridgehead atoms. The Kier molecular flexibility index (Phi) is 6.49. The standard InChI is InChI=1S/C11H22N4S/c1-4-7-12-10(2)6-5-8-16-11-14-13-9-15(11)3/h9-10,12H,4-8H2,1-3H3. The zero-order valence-electron chi connectivity index (χ0n) is 10.4. The minimum atomic E-state index is 0.625. The van der Waals surface area contributed by atoms with E-state index in [1.807, 2.05) is 11.6 Å². The predicted molar refractivity (Wildman–Crippen MR) is 68.7 cm³/mol. The van der Waals surface area contributed by atoms with Gasteiger partial charge in [0.2, 0.25) is 0 Å². The molecule has 0 aliphatic rings. The molecule has 4 nitrogen and oxygen atoms in total. The van der Waals surface area contributed by atoms with E-state index >= 15 is 0 Å². The second-order valence-electron chi connectivity index (χ2n) is 4.07. The fourth-order valence-corrected chi connectivity index (χ4v) is 2.30. The smallest absolute Gasteiger partial charge is 0.190 e. The lowest BCUT2D eigenvalue weighted by Gasteiger charge is -2.12. The molecule has 0 amide bonds. The number of hydrogen-bond donors (Lipinski definition) is 1. The Labute approximate surface area is 102 Å². The van der Waals surface area contributed by atoms with Gasteiger partial charge in [0, 0.05) is 18.8 Å². The summed E-state index contributed by atoms with van der Waals surface area (Å²) in [7, 11) is 1.98. The zero-order valence-corrected chi connectivity index (χ0v) is 11.3. The summed E-state index contributed by atoms with van der Waals surface area (Å²) in [4.78, 5) is 0. The van der Waals surface area contributed by atoms with Crippen molar-refractivity contribution < 1.29 is 0 Å². The highest BCUT2D eigenvalue weighted by molar-refractivity contribution is 7.99. The maximum absolute atomic E-state index is 4.04. The third-order valence-corrected chi connectivity index (χ3v) is 3.55. The molecule has 92 valence electrons. The Morgan fingerprint density at radius 1 is 1.56 bits per heavy atom. The van der Waals surface area contributed by atoms with Gasteiger partial charge in [-0.1, -0.05) is 18.7 Å². The molecule has 0 saturated carbocycles. The summed E-state index contributed by atoms with van der Waals surface area (Å²) >= 11 is 1.78. The van der Waals surface area contributed by atoms with Gasteiger partial charge in [0.25, 0.3) is 0 Å². The Morgan fingerprint density at radius 2 is 2.38 bits per heavy atom. The average molecular weight is 242 g/mol. The molecule has 16 heavy (non-hydrogen) atoms. The molecule has 1 N–H and O–H groups in total. The Balaban J connectivity index is 2.06. The number of aromatic nitrogens is 3. The van der Waals surface area contributed by atoms with E-state index in [4.69, 9.17) is 0 Å². The highest BCUT2D eigenvalue weighted by atomic mass is 32.2. The van der Waals surface area contributed by atoms with Crippen molar-refractivity contribution in [1.29, 1.82) is 0 Å². The maximum atomic E-state index is 4.04. The molecule has 0 radical (unpaired) electrons. The third-order valence-electron chi connectivity index (χ3n) is 2.43. The Morgan fingerprint density at radius 3 is 3.00 bits per heavy atom. The van der Waals surface area contributed by atoms with Crippen molar-refractivity contribution in [3.05, 3.63) is 6.33 Å². The lowest BCUT2D eigenvalue weighted by atomic mass is 10.2. The quantitative estimate of drug-likeness (QED) is 0.560. The van der Waals surface area contributed by atoms with E-state index in [1.165, 1.54) is 19.3 Å². The highest BCUT2D eigenvalue weighted by Crippen LogP contribution is 2.15. The molecular formula is C11H22N4S. The van der Waals surface area contributed by atoms with E-state index < -0.39 is 0 Å². The van der Waals surface area contributed by atoms with Gasteiger partial charge in [-0.2, -0.15) is 0 Å². The number of nitrogens with zero attached hydrogens (tertiary/aromatic N) is 3. The summed E-state index contributed by atoms with van der Waals surface area (Å²) in [5, 5.41) is 12.4.